The highest BCUT2D eigenvalue weighted by atomic mass is 32.2. The van der Waals surface area contributed by atoms with E-state index in [4.69, 9.17) is 8.47 Å². The maximum Gasteiger partial charge on any atom is 0.172 e. The van der Waals surface area contributed by atoms with Crippen molar-refractivity contribution in [1.82, 2.24) is 0 Å². The number of aryl methyl sites for hydroxylation is 2. The first-order valence-electron chi connectivity index (χ1n) is 6.08. The lowest BCUT2D eigenvalue weighted by Gasteiger charge is -2.18. The van der Waals surface area contributed by atoms with E-state index in [1.807, 2.05) is 26.0 Å². The van der Waals surface area contributed by atoms with Gasteiger partial charge in [-0.05, 0) is 38.1 Å². The summed E-state index contributed by atoms with van der Waals surface area (Å²) in [6.45, 7) is 3.85. The molecule has 0 fully saturated rings. The van der Waals surface area contributed by atoms with Gasteiger partial charge < -0.3 is 13.4 Å². The van der Waals surface area contributed by atoms with E-state index in [2.05, 4.69) is 4.89 Å². The standard InChI is InChI=1S/C14H14NO4S2/c1-11-3-7-13(8-4-11)18-21(17)15-19-20(16)14-9-5-12(2)6-10-14/h3-10H,1-2H3/q-1. The van der Waals surface area contributed by atoms with Crippen molar-refractivity contribution in [3.63, 3.8) is 0 Å². The van der Waals surface area contributed by atoms with Gasteiger partial charge in [0, 0.05) is 0 Å². The zero-order chi connectivity index (χ0) is 15.2. The van der Waals surface area contributed by atoms with Gasteiger partial charge in [-0.3, -0.25) is 0 Å². The second-order valence-electron chi connectivity index (χ2n) is 4.31. The Morgan fingerprint density at radius 3 is 1.95 bits per heavy atom. The lowest BCUT2D eigenvalue weighted by molar-refractivity contribution is 0.470. The molecule has 2 unspecified atom stereocenters. The Labute approximate surface area is 128 Å². The molecule has 0 aliphatic carbocycles. The highest BCUT2D eigenvalue weighted by Gasteiger charge is 2.01. The van der Waals surface area contributed by atoms with Crippen LogP contribution < -0.4 is 4.18 Å². The highest BCUT2D eigenvalue weighted by Crippen LogP contribution is 2.16. The van der Waals surface area contributed by atoms with Crippen molar-refractivity contribution in [3.05, 3.63) is 64.5 Å². The number of benzene rings is 2. The van der Waals surface area contributed by atoms with Crippen LogP contribution in [0, 0.1) is 13.8 Å². The average molecular weight is 324 g/mol. The molecule has 2 rings (SSSR count). The largest absolute Gasteiger partial charge is 0.414 e. The van der Waals surface area contributed by atoms with Gasteiger partial charge >= 0.3 is 0 Å². The zero-order valence-electron chi connectivity index (χ0n) is 11.5. The molecule has 0 aliphatic heterocycles. The molecule has 0 aliphatic rings. The Balaban J connectivity index is 1.84. The fraction of sp³-hybridized carbons (Fsp3) is 0.143. The molecular formula is C14H14NO4S2-. The van der Waals surface area contributed by atoms with Crippen LogP contribution in [0.25, 0.3) is 4.89 Å². The molecule has 0 saturated heterocycles. The molecule has 0 spiro atoms. The van der Waals surface area contributed by atoms with Gasteiger partial charge in [0.1, 0.15) is 17.0 Å². The molecule has 0 bridgehead atoms. The Kier molecular flexibility index (Phi) is 5.63. The first-order chi connectivity index (χ1) is 10.0. The van der Waals surface area contributed by atoms with Gasteiger partial charge in [-0.2, -0.15) is 0 Å². The van der Waals surface area contributed by atoms with Crippen molar-refractivity contribution in [2.45, 2.75) is 18.7 Å². The van der Waals surface area contributed by atoms with Crippen LogP contribution in [0.15, 0.2) is 53.4 Å². The van der Waals surface area contributed by atoms with Crippen LogP contribution in [0.5, 0.6) is 5.75 Å². The Hall–Kier alpha value is -1.54. The van der Waals surface area contributed by atoms with Crippen LogP contribution in [0.1, 0.15) is 11.1 Å². The Morgan fingerprint density at radius 2 is 1.38 bits per heavy atom. The summed E-state index contributed by atoms with van der Waals surface area (Å²) in [5, 5.41) is 0. The highest BCUT2D eigenvalue weighted by molar-refractivity contribution is 7.85. The van der Waals surface area contributed by atoms with E-state index in [0.717, 1.165) is 11.1 Å². The van der Waals surface area contributed by atoms with E-state index in [-0.39, 0.29) is 0 Å². The van der Waals surface area contributed by atoms with Crippen LogP contribution in [0.2, 0.25) is 0 Å². The molecular weight excluding hydrogens is 310 g/mol. The molecule has 0 saturated carbocycles. The Bertz CT molecular complexity index is 641. The summed E-state index contributed by atoms with van der Waals surface area (Å²) in [5.74, 6) is 0.396. The molecule has 2 aromatic carbocycles. The molecule has 2 aromatic rings. The van der Waals surface area contributed by atoms with Gasteiger partial charge in [0.25, 0.3) is 0 Å². The molecule has 0 radical (unpaired) electrons. The van der Waals surface area contributed by atoms with Gasteiger partial charge in [0.15, 0.2) is 11.1 Å². The fourth-order valence-electron chi connectivity index (χ4n) is 1.44. The lowest BCUT2D eigenvalue weighted by atomic mass is 10.2. The van der Waals surface area contributed by atoms with E-state index in [1.165, 1.54) is 0 Å². The quantitative estimate of drug-likeness (QED) is 0.765. The third kappa shape index (κ3) is 5.05. The van der Waals surface area contributed by atoms with E-state index in [9.17, 15) is 8.42 Å². The normalized spacial score (nSPS) is 13.6. The van der Waals surface area contributed by atoms with Gasteiger partial charge in [-0.25, -0.2) is 8.42 Å². The first kappa shape index (κ1) is 15.8. The minimum Gasteiger partial charge on any atom is -0.414 e. The first-order valence-corrected chi connectivity index (χ1v) is 8.19. The number of nitrogens with zero attached hydrogens (tertiary/aromatic N) is 1. The molecule has 2 atom stereocenters. The number of hydrogen-bond acceptors (Lipinski definition) is 4. The molecule has 0 aromatic heterocycles. The molecule has 7 heteroatoms. The molecule has 21 heavy (non-hydrogen) atoms. The predicted molar refractivity (Wildman–Crippen MR) is 82.0 cm³/mol. The van der Waals surface area contributed by atoms with Crippen LogP contribution >= 0.6 is 0 Å². The topological polar surface area (TPSA) is 66.7 Å². The minimum absolute atomic E-state index is 0.396. The third-order valence-corrected chi connectivity index (χ3v) is 4.05. The minimum atomic E-state index is -2.07. The average Bonchev–Trinajstić information content (AvgIpc) is 2.48. The smallest absolute Gasteiger partial charge is 0.172 e. The van der Waals surface area contributed by atoms with Crippen LogP contribution in [-0.4, -0.2) is 8.42 Å². The van der Waals surface area contributed by atoms with Gasteiger partial charge in [0.2, 0.25) is 0 Å². The van der Waals surface area contributed by atoms with Crippen molar-refractivity contribution in [2.75, 3.05) is 0 Å². The fourth-order valence-corrected chi connectivity index (χ4v) is 2.61. The molecule has 0 heterocycles. The maximum absolute atomic E-state index is 11.8. The van der Waals surface area contributed by atoms with Crippen LogP contribution in [0.4, 0.5) is 0 Å². The molecule has 112 valence electrons. The third-order valence-electron chi connectivity index (χ3n) is 2.56. The van der Waals surface area contributed by atoms with Gasteiger partial charge in [0.05, 0.1) is 4.90 Å². The van der Waals surface area contributed by atoms with Crippen molar-refractivity contribution in [2.24, 2.45) is 0 Å². The second kappa shape index (κ2) is 7.46. The summed E-state index contributed by atoms with van der Waals surface area (Å²) in [4.78, 5) is 3.73. The summed E-state index contributed by atoms with van der Waals surface area (Å²) in [6.07, 6.45) is 0. The monoisotopic (exact) mass is 324 g/mol. The van der Waals surface area contributed by atoms with E-state index in [0.29, 0.717) is 10.6 Å². The molecule has 5 nitrogen and oxygen atoms in total. The van der Waals surface area contributed by atoms with Crippen LogP contribution in [0.3, 0.4) is 0 Å². The zero-order valence-corrected chi connectivity index (χ0v) is 13.1. The second-order valence-corrected chi connectivity index (χ2v) is 6.15. The molecule has 0 N–H and O–H groups in total. The summed E-state index contributed by atoms with van der Waals surface area (Å²) in [6, 6.07) is 13.9. The molecule has 0 amide bonds. The summed E-state index contributed by atoms with van der Waals surface area (Å²) in [7, 11) is 0. The predicted octanol–water partition coefficient (Wildman–Crippen LogP) is 3.29. The maximum atomic E-state index is 11.8. The van der Waals surface area contributed by atoms with Crippen LogP contribution in [-0.2, 0) is 26.6 Å². The number of rotatable bonds is 6. The van der Waals surface area contributed by atoms with Crippen molar-refractivity contribution in [3.8, 4) is 5.75 Å². The SMILES string of the molecule is Cc1ccc(OS(=O)[N-]OS(=O)c2ccc(C)cc2)cc1. The van der Waals surface area contributed by atoms with E-state index in [1.54, 1.807) is 36.4 Å². The van der Waals surface area contributed by atoms with Gasteiger partial charge in [-0.15, -0.1) is 0 Å². The summed E-state index contributed by atoms with van der Waals surface area (Å²) in [5.41, 5.74) is 2.10. The summed E-state index contributed by atoms with van der Waals surface area (Å²) < 4.78 is 33.0. The Morgan fingerprint density at radius 1 is 0.857 bits per heavy atom. The van der Waals surface area contributed by atoms with E-state index >= 15 is 0 Å². The van der Waals surface area contributed by atoms with E-state index < -0.39 is 22.3 Å². The van der Waals surface area contributed by atoms with Crippen molar-refractivity contribution in [1.29, 1.82) is 0 Å². The summed E-state index contributed by atoms with van der Waals surface area (Å²) >= 11 is -3.88. The van der Waals surface area contributed by atoms with Gasteiger partial charge in [-0.1, -0.05) is 35.4 Å². The van der Waals surface area contributed by atoms with Crippen molar-refractivity contribution < 1.29 is 16.9 Å². The van der Waals surface area contributed by atoms with Crippen molar-refractivity contribution >= 4 is 22.3 Å². The lowest BCUT2D eigenvalue weighted by Crippen LogP contribution is -2.02. The number of hydrogen-bond donors (Lipinski definition) is 0.